The molecule has 19 heavy (non-hydrogen) atoms. The number of amides is 1. The quantitative estimate of drug-likeness (QED) is 0.823. The molecule has 1 N–H and O–H groups in total. The molecule has 1 amide bonds. The van der Waals surface area contributed by atoms with Crippen molar-refractivity contribution in [3.05, 3.63) is 0 Å². The van der Waals surface area contributed by atoms with Gasteiger partial charge < -0.3 is 14.7 Å². The van der Waals surface area contributed by atoms with Gasteiger partial charge in [0.2, 0.25) is 0 Å². The minimum absolute atomic E-state index is 0.0913. The van der Waals surface area contributed by atoms with Gasteiger partial charge in [-0.2, -0.15) is 0 Å². The molecule has 0 aromatic rings. The Bertz CT molecular complexity index is 363. The fourth-order valence-corrected chi connectivity index (χ4v) is 2.05. The molecule has 0 bridgehead atoms. The molecule has 0 spiro atoms. The number of piperidine rings is 1. The van der Waals surface area contributed by atoms with Gasteiger partial charge in [0.15, 0.2) is 0 Å². The van der Waals surface area contributed by atoms with Gasteiger partial charge in [0.05, 0.1) is 5.92 Å². The van der Waals surface area contributed by atoms with Crippen molar-refractivity contribution in [1.29, 1.82) is 0 Å². The van der Waals surface area contributed by atoms with E-state index in [0.29, 0.717) is 0 Å². The Morgan fingerprint density at radius 3 is 2.11 bits per heavy atom. The van der Waals surface area contributed by atoms with Crippen LogP contribution >= 0.6 is 0 Å². The molecule has 1 heterocycles. The maximum absolute atomic E-state index is 11.9. The van der Waals surface area contributed by atoms with Crippen LogP contribution in [0, 0.1) is 11.8 Å². The predicted molar refractivity (Wildman–Crippen MR) is 67.7 cm³/mol. The fraction of sp³-hybridized carbons (Fsp3) is 0.769. The Morgan fingerprint density at radius 2 is 1.68 bits per heavy atom. The van der Waals surface area contributed by atoms with Crippen LogP contribution in [0.4, 0.5) is 4.79 Å². The Kier molecular flexibility index (Phi) is 4.55. The summed E-state index contributed by atoms with van der Waals surface area (Å²) in [7, 11) is 0. The average Bonchev–Trinajstić information content (AvgIpc) is 2.25. The van der Waals surface area contributed by atoms with Gasteiger partial charge in [-0.25, -0.2) is 4.79 Å². The molecule has 108 valence electrons. The largest absolute Gasteiger partial charge is 0.481 e. The summed E-state index contributed by atoms with van der Waals surface area (Å²) in [5.41, 5.74) is -0.640. The Labute approximate surface area is 112 Å². The van der Waals surface area contributed by atoms with Crippen molar-refractivity contribution in [2.45, 2.75) is 39.7 Å². The first kappa shape index (κ1) is 15.5. The van der Waals surface area contributed by atoms with Gasteiger partial charge in [-0.3, -0.25) is 9.59 Å². The summed E-state index contributed by atoms with van der Waals surface area (Å²) >= 11 is 0. The number of carbonyl (C=O) groups is 3. The number of aliphatic carboxylic acids is 1. The van der Waals surface area contributed by atoms with Crippen LogP contribution in [0.1, 0.15) is 34.1 Å². The monoisotopic (exact) mass is 271 g/mol. The molecule has 1 rings (SSSR count). The van der Waals surface area contributed by atoms with Crippen LogP contribution in [-0.2, 0) is 14.3 Å². The van der Waals surface area contributed by atoms with Crippen LogP contribution in [0.3, 0.4) is 0 Å². The Balaban J connectivity index is 2.79. The van der Waals surface area contributed by atoms with Gasteiger partial charge in [-0.05, 0) is 34.1 Å². The van der Waals surface area contributed by atoms with Crippen LogP contribution in [-0.4, -0.2) is 46.5 Å². The average molecular weight is 271 g/mol. The number of nitrogens with zero attached hydrogens (tertiary/aromatic N) is 1. The van der Waals surface area contributed by atoms with Crippen molar-refractivity contribution in [1.82, 2.24) is 4.90 Å². The van der Waals surface area contributed by atoms with Crippen molar-refractivity contribution in [2.24, 2.45) is 11.8 Å². The van der Waals surface area contributed by atoms with Crippen LogP contribution in [0.5, 0.6) is 0 Å². The van der Waals surface area contributed by atoms with Crippen molar-refractivity contribution >= 4 is 17.8 Å². The Morgan fingerprint density at radius 1 is 1.16 bits per heavy atom. The lowest BCUT2D eigenvalue weighted by Gasteiger charge is -2.36. The summed E-state index contributed by atoms with van der Waals surface area (Å²) < 4.78 is 5.22. The molecule has 1 saturated heterocycles. The highest BCUT2D eigenvalue weighted by Crippen LogP contribution is 2.24. The van der Waals surface area contributed by atoms with Gasteiger partial charge in [-0.1, -0.05) is 0 Å². The maximum Gasteiger partial charge on any atom is 0.410 e. The number of carboxylic acids is 1. The molecule has 0 saturated carbocycles. The molecule has 6 nitrogen and oxygen atoms in total. The molecule has 0 aromatic heterocycles. The second-order valence-corrected chi connectivity index (χ2v) is 5.96. The number of carbonyl (C=O) groups excluding carboxylic acids is 2. The number of ketones is 1. The zero-order valence-electron chi connectivity index (χ0n) is 11.8. The number of hydrogen-bond donors (Lipinski definition) is 1. The molecule has 6 heteroatoms. The van der Waals surface area contributed by atoms with E-state index in [1.807, 2.05) is 0 Å². The number of rotatable bonds is 2. The minimum Gasteiger partial charge on any atom is -0.481 e. The number of Topliss-reactive ketones (excluding diaryl/α,β-unsaturated/α-hetero) is 1. The summed E-state index contributed by atoms with van der Waals surface area (Å²) in [4.78, 5) is 35.8. The third-order valence-electron chi connectivity index (χ3n) is 3.03. The topological polar surface area (TPSA) is 83.9 Å². The molecule has 1 aliphatic heterocycles. The lowest BCUT2D eigenvalue weighted by molar-refractivity contribution is -0.144. The van der Waals surface area contributed by atoms with Crippen molar-refractivity contribution < 1.29 is 24.2 Å². The number of ether oxygens (including phenoxy) is 1. The van der Waals surface area contributed by atoms with Crippen LogP contribution in [0.25, 0.3) is 0 Å². The molecule has 1 aliphatic rings. The third-order valence-corrected chi connectivity index (χ3v) is 3.03. The van der Waals surface area contributed by atoms with E-state index in [2.05, 4.69) is 0 Å². The van der Waals surface area contributed by atoms with E-state index < -0.39 is 29.5 Å². The van der Waals surface area contributed by atoms with E-state index in [1.54, 1.807) is 20.8 Å². The zero-order valence-corrected chi connectivity index (χ0v) is 11.8. The van der Waals surface area contributed by atoms with Gasteiger partial charge in [0.1, 0.15) is 11.4 Å². The van der Waals surface area contributed by atoms with Gasteiger partial charge >= 0.3 is 12.1 Å². The lowest BCUT2D eigenvalue weighted by Crippen LogP contribution is -2.49. The number of carboxylic acid groups (broad SMARTS) is 1. The summed E-state index contributed by atoms with van der Waals surface area (Å²) in [6.07, 6.45) is -0.283. The summed E-state index contributed by atoms with van der Waals surface area (Å²) in [6.45, 7) is 6.97. The summed E-state index contributed by atoms with van der Waals surface area (Å²) in [6, 6.07) is 0. The van der Waals surface area contributed by atoms with Crippen LogP contribution in [0.2, 0.25) is 0 Å². The second-order valence-electron chi connectivity index (χ2n) is 5.96. The van der Waals surface area contributed by atoms with E-state index in [0.717, 1.165) is 0 Å². The molecule has 2 atom stereocenters. The molecule has 0 unspecified atom stereocenters. The lowest BCUT2D eigenvalue weighted by atomic mass is 9.87. The number of hydrogen-bond acceptors (Lipinski definition) is 4. The molecular weight excluding hydrogens is 250 g/mol. The van der Waals surface area contributed by atoms with Gasteiger partial charge in [0.25, 0.3) is 0 Å². The maximum atomic E-state index is 11.9. The molecule has 0 aromatic carbocycles. The minimum atomic E-state index is -0.987. The van der Waals surface area contributed by atoms with Crippen LogP contribution in [0.15, 0.2) is 0 Å². The molecule has 1 fully saturated rings. The van der Waals surface area contributed by atoms with Crippen molar-refractivity contribution in [3.8, 4) is 0 Å². The first-order valence-corrected chi connectivity index (χ1v) is 6.31. The van der Waals surface area contributed by atoms with E-state index in [1.165, 1.54) is 11.8 Å². The highest BCUT2D eigenvalue weighted by atomic mass is 16.6. The first-order valence-electron chi connectivity index (χ1n) is 6.31. The summed E-state index contributed by atoms with van der Waals surface area (Å²) in [5.74, 6) is -2.23. The number of likely N-dealkylation sites (tertiary alicyclic amines) is 1. The van der Waals surface area contributed by atoms with Gasteiger partial charge in [-0.15, -0.1) is 0 Å². The summed E-state index contributed by atoms with van der Waals surface area (Å²) in [5, 5.41) is 9.08. The molecule has 0 radical (unpaired) electrons. The van der Waals surface area contributed by atoms with E-state index in [4.69, 9.17) is 9.84 Å². The predicted octanol–water partition coefficient (Wildman–Crippen LogP) is 1.53. The third kappa shape index (κ3) is 4.54. The molecule has 0 aliphatic carbocycles. The first-order chi connectivity index (χ1) is 8.60. The normalized spacial score (nSPS) is 23.9. The standard InChI is InChI=1S/C13H21NO5/c1-8(15)9-5-10(11(16)17)7-14(6-9)12(18)19-13(2,3)4/h9-10H,5-7H2,1-4H3,(H,16,17)/t9-,10+/m1/s1. The van der Waals surface area contributed by atoms with Gasteiger partial charge in [0, 0.05) is 19.0 Å². The second kappa shape index (κ2) is 5.59. The molecular formula is C13H21NO5. The Hall–Kier alpha value is -1.59. The highest BCUT2D eigenvalue weighted by Gasteiger charge is 2.37. The zero-order chi connectivity index (χ0) is 14.8. The smallest absolute Gasteiger partial charge is 0.410 e. The fourth-order valence-electron chi connectivity index (χ4n) is 2.05. The van der Waals surface area contributed by atoms with E-state index in [-0.39, 0.29) is 25.3 Å². The van der Waals surface area contributed by atoms with Crippen molar-refractivity contribution in [3.63, 3.8) is 0 Å². The SMILES string of the molecule is CC(=O)[C@@H]1C[C@H](C(=O)O)CN(C(=O)OC(C)(C)C)C1. The van der Waals surface area contributed by atoms with E-state index >= 15 is 0 Å². The van der Waals surface area contributed by atoms with Crippen LogP contribution < -0.4 is 0 Å². The van der Waals surface area contributed by atoms with E-state index in [9.17, 15) is 14.4 Å². The highest BCUT2D eigenvalue weighted by molar-refractivity contribution is 5.81. The van der Waals surface area contributed by atoms with Crippen molar-refractivity contribution in [2.75, 3.05) is 13.1 Å².